The Hall–Kier alpha value is -1.99. The zero-order valence-corrected chi connectivity index (χ0v) is 15.2. The van der Waals surface area contributed by atoms with Gasteiger partial charge in [0.05, 0.1) is 24.4 Å². The third-order valence-electron chi connectivity index (χ3n) is 4.80. The van der Waals surface area contributed by atoms with Crippen LogP contribution in [-0.4, -0.2) is 41.9 Å². The summed E-state index contributed by atoms with van der Waals surface area (Å²) in [5, 5.41) is -0.715. The number of carbonyl (C=O) groups excluding carboxylic acids is 2. The molecule has 3 rings (SSSR count). The van der Waals surface area contributed by atoms with Crippen molar-refractivity contribution >= 4 is 23.3 Å². The number of hydrogen-bond acceptors (Lipinski definition) is 4. The maximum Gasteiger partial charge on any atom is 0.257 e. The van der Waals surface area contributed by atoms with Crippen molar-refractivity contribution < 1.29 is 23.1 Å². The van der Waals surface area contributed by atoms with Gasteiger partial charge in [-0.15, -0.1) is 0 Å². The summed E-state index contributed by atoms with van der Waals surface area (Å²) < 4.78 is 33.4. The fourth-order valence-corrected chi connectivity index (χ4v) is 3.82. The fraction of sp³-hybridized carbons (Fsp3) is 0.444. The van der Waals surface area contributed by atoms with E-state index in [1.54, 1.807) is 13.8 Å². The summed E-state index contributed by atoms with van der Waals surface area (Å²) in [7, 11) is 0. The highest BCUT2D eigenvalue weighted by atomic mass is 35.5. The van der Waals surface area contributed by atoms with Crippen LogP contribution in [0.3, 0.4) is 0 Å². The Bertz CT molecular complexity index is 825. The first-order valence-corrected chi connectivity index (χ1v) is 8.54. The third kappa shape index (κ3) is 3.10. The minimum absolute atomic E-state index is 0.0894. The number of hydrogen-bond donors (Lipinski definition) is 1. The first-order chi connectivity index (χ1) is 12.1. The number of carbonyl (C=O) groups is 2. The van der Waals surface area contributed by atoms with E-state index < -0.39 is 33.6 Å². The Morgan fingerprint density at radius 3 is 2.69 bits per heavy atom. The van der Waals surface area contributed by atoms with Gasteiger partial charge in [-0.25, -0.2) is 8.78 Å². The van der Waals surface area contributed by atoms with Gasteiger partial charge >= 0.3 is 0 Å². The van der Waals surface area contributed by atoms with E-state index >= 15 is 0 Å². The summed E-state index contributed by atoms with van der Waals surface area (Å²) in [6.45, 7) is 4.08. The summed E-state index contributed by atoms with van der Waals surface area (Å²) >= 11 is 5.57. The van der Waals surface area contributed by atoms with E-state index in [4.69, 9.17) is 22.1 Å². The molecule has 8 heteroatoms. The molecule has 1 atom stereocenters. The van der Waals surface area contributed by atoms with Gasteiger partial charge in [-0.1, -0.05) is 25.4 Å². The van der Waals surface area contributed by atoms with Gasteiger partial charge < -0.3 is 15.4 Å². The average molecular weight is 385 g/mol. The molecule has 0 radical (unpaired) electrons. The van der Waals surface area contributed by atoms with E-state index in [1.165, 1.54) is 11.0 Å². The van der Waals surface area contributed by atoms with Crippen molar-refractivity contribution in [2.45, 2.75) is 25.9 Å². The van der Waals surface area contributed by atoms with Gasteiger partial charge in [0.25, 0.3) is 5.91 Å². The van der Waals surface area contributed by atoms with Gasteiger partial charge in [-0.3, -0.25) is 9.59 Å². The second kappa shape index (κ2) is 6.32. The van der Waals surface area contributed by atoms with Crippen LogP contribution in [0.1, 0.15) is 30.6 Å². The Labute approximate surface area is 154 Å². The van der Waals surface area contributed by atoms with E-state index in [2.05, 4.69) is 0 Å². The molecule has 1 amide bonds. The van der Waals surface area contributed by atoms with Crippen molar-refractivity contribution in [1.82, 2.24) is 4.90 Å². The Morgan fingerprint density at radius 2 is 2.04 bits per heavy atom. The highest BCUT2D eigenvalue weighted by Crippen LogP contribution is 2.40. The van der Waals surface area contributed by atoms with Crippen molar-refractivity contribution in [3.8, 4) is 0 Å². The molecule has 1 fully saturated rings. The maximum absolute atomic E-state index is 14.2. The largest absolute Gasteiger partial charge is 0.396 e. The molecule has 2 N–H and O–H groups in total. The molecule has 0 bridgehead atoms. The van der Waals surface area contributed by atoms with Crippen molar-refractivity contribution in [3.63, 3.8) is 0 Å². The van der Waals surface area contributed by atoms with Crippen LogP contribution in [0.25, 0.3) is 0 Å². The second-order valence-electron chi connectivity index (χ2n) is 7.35. The molecule has 1 spiro atoms. The van der Waals surface area contributed by atoms with E-state index in [9.17, 15) is 18.4 Å². The molecule has 1 aliphatic heterocycles. The molecule has 2 aliphatic rings. The summed E-state index contributed by atoms with van der Waals surface area (Å²) in [5.74, 6) is -2.81. The molecule has 0 saturated carbocycles. The topological polar surface area (TPSA) is 72.6 Å². The number of ether oxygens (including phenoxy) is 1. The Morgan fingerprint density at radius 1 is 1.35 bits per heavy atom. The Kier molecular flexibility index (Phi) is 4.56. The van der Waals surface area contributed by atoms with Crippen molar-refractivity contribution in [2.75, 3.05) is 19.7 Å². The number of amides is 1. The molecular weight excluding hydrogens is 366 g/mol. The van der Waals surface area contributed by atoms with Crippen LogP contribution in [0.4, 0.5) is 8.78 Å². The molecule has 1 aromatic rings. The lowest BCUT2D eigenvalue weighted by Gasteiger charge is -2.46. The summed E-state index contributed by atoms with van der Waals surface area (Å²) in [4.78, 5) is 26.4. The minimum Gasteiger partial charge on any atom is -0.396 e. The van der Waals surface area contributed by atoms with E-state index in [0.29, 0.717) is 6.42 Å². The minimum atomic E-state index is -1.09. The lowest BCUT2D eigenvalue weighted by Crippen LogP contribution is -2.57. The van der Waals surface area contributed by atoms with Crippen LogP contribution in [0.2, 0.25) is 5.02 Å². The summed E-state index contributed by atoms with van der Waals surface area (Å²) in [6.07, 6.45) is 1.88. The summed E-state index contributed by atoms with van der Waals surface area (Å²) in [6, 6.07) is 2.02. The summed E-state index contributed by atoms with van der Waals surface area (Å²) in [5.41, 5.74) is 3.98. The Balaban J connectivity index is 1.91. The third-order valence-corrected chi connectivity index (χ3v) is 5.15. The van der Waals surface area contributed by atoms with Crippen molar-refractivity contribution in [1.29, 1.82) is 0 Å². The standard InChI is InChI=1S/C18H19ClF2N2O3/c1-17(2)8-18(7-12(22)15(17)24)9-23(5-6-26-18)16(25)10-3-4-11(20)13(19)14(10)21/h3-4,7H,5-6,8-9,22H2,1-2H3. The van der Waals surface area contributed by atoms with Crippen LogP contribution in [0.5, 0.6) is 0 Å². The molecule has 0 aromatic heterocycles. The van der Waals surface area contributed by atoms with Gasteiger partial charge in [-0.2, -0.15) is 0 Å². The fourth-order valence-electron chi connectivity index (χ4n) is 3.65. The van der Waals surface area contributed by atoms with Crippen LogP contribution in [0.15, 0.2) is 23.9 Å². The maximum atomic E-state index is 14.2. The number of nitrogens with two attached hydrogens (primary N) is 1. The zero-order valence-electron chi connectivity index (χ0n) is 14.4. The lowest BCUT2D eigenvalue weighted by atomic mass is 9.71. The van der Waals surface area contributed by atoms with Gasteiger partial charge in [0.1, 0.15) is 16.4 Å². The number of morpholine rings is 1. The molecule has 1 unspecified atom stereocenters. The second-order valence-corrected chi connectivity index (χ2v) is 7.73. The SMILES string of the molecule is CC1(C)CC2(C=C(N)C1=O)CN(C(=O)c1ccc(F)c(Cl)c1F)CCO2. The first kappa shape index (κ1) is 18.8. The molecule has 1 heterocycles. The van der Waals surface area contributed by atoms with E-state index in [0.717, 1.165) is 12.1 Å². The number of Topliss-reactive ketones (excluding diaryl/α,β-unsaturated/α-hetero) is 1. The predicted molar refractivity (Wildman–Crippen MR) is 91.6 cm³/mol. The number of halogens is 3. The predicted octanol–water partition coefficient (Wildman–Crippen LogP) is 2.67. The molecule has 5 nitrogen and oxygen atoms in total. The normalized spacial score (nSPS) is 25.3. The monoisotopic (exact) mass is 384 g/mol. The number of rotatable bonds is 1. The number of allylic oxidation sites excluding steroid dienone is 1. The lowest BCUT2D eigenvalue weighted by molar-refractivity contribution is -0.135. The molecule has 26 heavy (non-hydrogen) atoms. The number of nitrogens with zero attached hydrogens (tertiary/aromatic N) is 1. The number of ketones is 1. The quantitative estimate of drug-likeness (QED) is 0.755. The highest BCUT2D eigenvalue weighted by Gasteiger charge is 2.48. The molecule has 1 saturated heterocycles. The van der Waals surface area contributed by atoms with Crippen molar-refractivity contribution in [2.24, 2.45) is 11.1 Å². The zero-order chi connectivity index (χ0) is 19.3. The highest BCUT2D eigenvalue weighted by molar-refractivity contribution is 6.31. The average Bonchev–Trinajstić information content (AvgIpc) is 2.57. The van der Waals surface area contributed by atoms with Gasteiger partial charge in [-0.05, 0) is 24.6 Å². The molecule has 140 valence electrons. The van der Waals surface area contributed by atoms with Crippen LogP contribution >= 0.6 is 11.6 Å². The first-order valence-electron chi connectivity index (χ1n) is 8.16. The van der Waals surface area contributed by atoms with Crippen LogP contribution in [-0.2, 0) is 9.53 Å². The van der Waals surface area contributed by atoms with Gasteiger partial charge in [0.15, 0.2) is 11.6 Å². The van der Waals surface area contributed by atoms with Crippen LogP contribution < -0.4 is 5.73 Å². The van der Waals surface area contributed by atoms with Crippen molar-refractivity contribution in [3.05, 3.63) is 46.1 Å². The molecule has 1 aromatic carbocycles. The van der Waals surface area contributed by atoms with E-state index in [-0.39, 0.29) is 36.7 Å². The number of benzene rings is 1. The smallest absolute Gasteiger partial charge is 0.257 e. The molecule has 1 aliphatic carbocycles. The van der Waals surface area contributed by atoms with Gasteiger partial charge in [0.2, 0.25) is 0 Å². The van der Waals surface area contributed by atoms with Gasteiger partial charge in [0, 0.05) is 12.0 Å². The van der Waals surface area contributed by atoms with Crippen LogP contribution in [0, 0.1) is 17.0 Å². The van der Waals surface area contributed by atoms with E-state index in [1.807, 2.05) is 0 Å². The molecular formula is C18H19ClF2N2O3.